The van der Waals surface area contributed by atoms with Crippen LogP contribution < -0.4 is 0 Å². The molecule has 7 nitrogen and oxygen atoms in total. The zero-order valence-electron chi connectivity index (χ0n) is 33.7. The fraction of sp³-hybridized carbons (Fsp3) is 0.781. The van der Waals surface area contributed by atoms with Gasteiger partial charge in [0, 0.05) is 44.1 Å². The van der Waals surface area contributed by atoms with Crippen molar-refractivity contribution in [2.24, 2.45) is 40.4 Å². The minimum absolute atomic E-state index is 0.0232. The third kappa shape index (κ3) is 3.97. The third-order valence-corrected chi connectivity index (χ3v) is 10.2. The molecule has 0 unspecified atom stereocenters. The number of carbonyl (C=O) groups is 3. The first kappa shape index (κ1) is 17.2. The largest absolute Gasteiger partial charge is 0.457 e. The van der Waals surface area contributed by atoms with Gasteiger partial charge < -0.3 is 19.3 Å². The summed E-state index contributed by atoms with van der Waals surface area (Å²) >= 11 is 0. The second-order valence-electron chi connectivity index (χ2n) is 12.5. The van der Waals surface area contributed by atoms with E-state index in [2.05, 4.69) is 0 Å². The van der Waals surface area contributed by atoms with Crippen LogP contribution in [0.15, 0.2) is 23.8 Å². The second-order valence-corrected chi connectivity index (χ2v) is 12.5. The number of rotatable bonds is 5. The summed E-state index contributed by atoms with van der Waals surface area (Å²) in [4.78, 5) is 39.4. The molecule has 1 aliphatic heterocycles. The summed E-state index contributed by atoms with van der Waals surface area (Å²) in [5, 5.41) is 12.0. The minimum Gasteiger partial charge on any atom is -0.457 e. The molecule has 0 amide bonds. The number of hydrogen-bond donors (Lipinski definition) is 1. The number of hydrogen-bond acceptors (Lipinski definition) is 7. The molecule has 0 spiro atoms. The topological polar surface area (TPSA) is 99.1 Å². The highest BCUT2D eigenvalue weighted by Gasteiger charge is 2.76. The minimum atomic E-state index is -3.81. The summed E-state index contributed by atoms with van der Waals surface area (Å²) in [5.41, 5.74) is -3.38. The predicted octanol–water partition coefficient (Wildman–Crippen LogP) is 4.70. The van der Waals surface area contributed by atoms with Gasteiger partial charge in [0.15, 0.2) is 24.3 Å². The van der Waals surface area contributed by atoms with Crippen LogP contribution in [0, 0.1) is 40.4 Å². The van der Waals surface area contributed by atoms with Crippen molar-refractivity contribution in [3.63, 3.8) is 0 Å². The van der Waals surface area contributed by atoms with Gasteiger partial charge in [0.05, 0.1) is 18.1 Å². The van der Waals surface area contributed by atoms with E-state index >= 15 is 0 Å². The zero-order chi connectivity index (χ0) is 37.6. The molecular formula is C32H44O7. The summed E-state index contributed by atoms with van der Waals surface area (Å²) in [6, 6.07) is 0. The maximum Gasteiger partial charge on any atom is 0.308 e. The van der Waals surface area contributed by atoms with E-state index in [4.69, 9.17) is 27.9 Å². The fourth-order valence-electron chi connectivity index (χ4n) is 8.39. The van der Waals surface area contributed by atoms with E-state index in [1.54, 1.807) is 26.8 Å². The van der Waals surface area contributed by atoms with Gasteiger partial charge >= 0.3 is 5.97 Å². The summed E-state index contributed by atoms with van der Waals surface area (Å²) in [6.45, 7) is 5.88. The summed E-state index contributed by atoms with van der Waals surface area (Å²) in [7, 11) is 0. The van der Waals surface area contributed by atoms with E-state index < -0.39 is 109 Å². The van der Waals surface area contributed by atoms with Gasteiger partial charge in [0.2, 0.25) is 5.78 Å². The van der Waals surface area contributed by atoms with Crippen molar-refractivity contribution in [2.75, 3.05) is 6.61 Å². The Kier molecular flexibility index (Phi) is 4.25. The Hall–Kier alpha value is -1.83. The molecule has 1 saturated heterocycles. The van der Waals surface area contributed by atoms with E-state index in [0.717, 1.165) is 5.57 Å². The fourth-order valence-corrected chi connectivity index (χ4v) is 8.39. The molecule has 6 aliphatic rings. The van der Waals surface area contributed by atoms with Crippen LogP contribution in [0.2, 0.25) is 0 Å². The van der Waals surface area contributed by atoms with Crippen molar-refractivity contribution in [3.05, 3.63) is 23.8 Å². The average molecular weight is 552 g/mol. The zero-order valence-corrected chi connectivity index (χ0v) is 22.7. The third-order valence-electron chi connectivity index (χ3n) is 10.2. The first-order valence-corrected chi connectivity index (χ1v) is 13.8. The second kappa shape index (κ2) is 9.63. The predicted molar refractivity (Wildman–Crippen MR) is 143 cm³/mol. The van der Waals surface area contributed by atoms with E-state index in [9.17, 15) is 20.9 Å². The highest BCUT2D eigenvalue weighted by atomic mass is 16.7. The number of esters is 1. The normalized spacial score (nSPS) is 56.7. The summed E-state index contributed by atoms with van der Waals surface area (Å²) < 4.78 is 112. The maximum atomic E-state index is 14.6. The molecule has 0 aromatic heterocycles. The molecule has 0 bridgehead atoms. The molecule has 0 aromatic carbocycles. The number of Topliss-reactive ketones (excluding diaryl/α,β-unsaturated/α-hetero) is 1. The van der Waals surface area contributed by atoms with Crippen LogP contribution in [0.3, 0.4) is 0 Å². The van der Waals surface area contributed by atoms with Crippen molar-refractivity contribution >= 4 is 17.5 Å². The number of allylic oxidation sites excluding steroid dienone is 4. The Bertz CT molecular complexity index is 1550. The Labute approximate surface area is 247 Å². The number of ketones is 2. The lowest BCUT2D eigenvalue weighted by Gasteiger charge is -2.59. The summed E-state index contributed by atoms with van der Waals surface area (Å²) in [5.74, 6) is -7.03. The molecule has 5 aliphatic carbocycles. The highest BCUT2D eigenvalue weighted by Crippen LogP contribution is 2.69. The van der Waals surface area contributed by atoms with Crippen molar-refractivity contribution in [2.45, 2.75) is 109 Å². The van der Waals surface area contributed by atoms with Crippen molar-refractivity contribution in [1.82, 2.24) is 0 Å². The van der Waals surface area contributed by atoms with Gasteiger partial charge in [0.1, 0.15) is 0 Å². The van der Waals surface area contributed by atoms with Crippen LogP contribution in [0.4, 0.5) is 0 Å². The Morgan fingerprint density at radius 1 is 1.26 bits per heavy atom. The number of aliphatic hydroxyl groups is 1. The SMILES string of the molecule is [2H]C1([2H])C([2H])([2H])C([2H])([2H])C([2H])([C@@H]2O[C@@H]3C[C@H]4[C@@H]5CC=C6CC(=O)C=C[C@]6(C)[C@H]5[C@@H](O)C[C@]4(C)[C@]3(C(=O)COC(=O)C(C)C)O2)C([2H])([2H])C1([2H])[2H]. The molecule has 0 radical (unpaired) electrons. The number of fused-ring (bicyclic) bond motifs is 7. The first-order chi connectivity index (χ1) is 22.6. The van der Waals surface area contributed by atoms with Crippen molar-refractivity contribution in [1.29, 1.82) is 0 Å². The van der Waals surface area contributed by atoms with Gasteiger partial charge in [-0.25, -0.2) is 0 Å². The molecule has 214 valence electrons. The number of carbonyl (C=O) groups excluding carboxylic acids is 3. The van der Waals surface area contributed by atoms with E-state index in [0.29, 0.717) is 6.42 Å². The molecule has 4 fully saturated rings. The van der Waals surface area contributed by atoms with Crippen LogP contribution in [0.1, 0.15) is 100 Å². The van der Waals surface area contributed by atoms with E-state index in [1.165, 1.54) is 6.08 Å². The van der Waals surface area contributed by atoms with Crippen molar-refractivity contribution in [3.8, 4) is 0 Å². The lowest BCUT2D eigenvalue weighted by molar-refractivity contribution is -0.208. The Morgan fingerprint density at radius 3 is 2.72 bits per heavy atom. The molecule has 9 atom stereocenters. The smallest absolute Gasteiger partial charge is 0.308 e. The van der Waals surface area contributed by atoms with Crippen LogP contribution >= 0.6 is 0 Å². The monoisotopic (exact) mass is 551 g/mol. The van der Waals surface area contributed by atoms with Gasteiger partial charge in [-0.05, 0) is 49.9 Å². The van der Waals surface area contributed by atoms with Gasteiger partial charge in [-0.2, -0.15) is 0 Å². The van der Waals surface area contributed by atoms with Gasteiger partial charge in [-0.1, -0.05) is 64.5 Å². The van der Waals surface area contributed by atoms with Crippen LogP contribution in [-0.4, -0.2) is 53.3 Å². The Morgan fingerprint density at radius 2 is 2.00 bits per heavy atom. The lowest BCUT2D eigenvalue weighted by atomic mass is 9.47. The molecule has 6 rings (SSSR count). The van der Waals surface area contributed by atoms with Crippen LogP contribution in [-0.2, 0) is 28.6 Å². The molecule has 0 aromatic rings. The molecule has 39 heavy (non-hydrogen) atoms. The van der Waals surface area contributed by atoms with Gasteiger partial charge in [0.25, 0.3) is 0 Å². The quantitative estimate of drug-likeness (QED) is 0.390. The van der Waals surface area contributed by atoms with Gasteiger partial charge in [-0.3, -0.25) is 14.4 Å². The van der Waals surface area contributed by atoms with E-state index in [-0.39, 0.29) is 31.0 Å². The summed E-state index contributed by atoms with van der Waals surface area (Å²) in [6.07, 6.45) is -18.0. The van der Waals surface area contributed by atoms with Gasteiger partial charge in [-0.15, -0.1) is 0 Å². The van der Waals surface area contributed by atoms with E-state index in [1.807, 2.05) is 13.0 Å². The number of aliphatic hydroxyl groups excluding tert-OH is 1. The van der Waals surface area contributed by atoms with Crippen molar-refractivity contribution < 1.29 is 48.8 Å². The lowest BCUT2D eigenvalue weighted by Crippen LogP contribution is -2.63. The maximum absolute atomic E-state index is 14.6. The first-order valence-electron chi connectivity index (χ1n) is 19.3. The number of ether oxygens (including phenoxy) is 3. The molecular weight excluding hydrogens is 496 g/mol. The molecule has 1 heterocycles. The highest BCUT2D eigenvalue weighted by molar-refractivity contribution is 5.94. The van der Waals surface area contributed by atoms with Crippen LogP contribution in [0.5, 0.6) is 0 Å². The molecule has 3 saturated carbocycles. The molecule has 7 heteroatoms. The standard InChI is InChI=1S/C32H44O7/c1-18(2)28(36)37-17-25(35)32-26(38-29(39-32)19-8-6-5-7-9-19)15-23-22-11-10-20-14-21(33)12-13-30(20,3)27(22)24(34)16-31(23,32)4/h10,12-13,18-19,22-24,26-27,29,34H,5-9,11,14-17H2,1-4H3/t22-,23-,24-,26+,27+,29+,30-,31-,32+/m0/s1/i5D2,6D2,7D2,8D2,9D2,19D. The molecule has 1 N–H and O–H groups in total. The average Bonchev–Trinajstić information content (AvgIpc) is 3.51. The Balaban J connectivity index is 1.48. The van der Waals surface area contributed by atoms with Crippen LogP contribution in [0.25, 0.3) is 0 Å².